The number of hydrogen-bond acceptors (Lipinski definition) is 4. The van der Waals surface area contributed by atoms with Gasteiger partial charge in [-0.05, 0) is 31.4 Å². The van der Waals surface area contributed by atoms with Gasteiger partial charge in [-0.15, -0.1) is 0 Å². The van der Waals surface area contributed by atoms with Crippen LogP contribution in [0.2, 0.25) is 0 Å². The summed E-state index contributed by atoms with van der Waals surface area (Å²) in [6, 6.07) is 3.45. The van der Waals surface area contributed by atoms with E-state index in [1.165, 1.54) is 6.42 Å². The number of anilines is 1. The minimum atomic E-state index is 0.0655. The average Bonchev–Trinajstić information content (AvgIpc) is 2.39. The summed E-state index contributed by atoms with van der Waals surface area (Å²) >= 11 is 0. The van der Waals surface area contributed by atoms with Gasteiger partial charge in [0.1, 0.15) is 5.82 Å². The third kappa shape index (κ3) is 2.30. The molecule has 1 aliphatic heterocycles. The molecule has 0 aromatic carbocycles. The van der Waals surface area contributed by atoms with E-state index < -0.39 is 0 Å². The fraction of sp³-hybridized carbons (Fsp3) is 0.455. The Morgan fingerprint density at radius 1 is 1.31 bits per heavy atom. The summed E-state index contributed by atoms with van der Waals surface area (Å²) in [7, 11) is 0. The third-order valence-electron chi connectivity index (χ3n) is 2.80. The van der Waals surface area contributed by atoms with Gasteiger partial charge in [0.2, 0.25) is 0 Å². The molecule has 5 heteroatoms. The molecule has 0 aliphatic carbocycles. The number of nitrogens with zero attached hydrogens (tertiary/aromatic N) is 2. The van der Waals surface area contributed by atoms with Crippen molar-refractivity contribution in [3.05, 3.63) is 23.9 Å². The number of carbonyl (C=O) groups excluding carboxylic acids is 1. The van der Waals surface area contributed by atoms with Gasteiger partial charge in [0.15, 0.2) is 0 Å². The summed E-state index contributed by atoms with van der Waals surface area (Å²) < 4.78 is 0. The van der Waals surface area contributed by atoms with Gasteiger partial charge in [-0.3, -0.25) is 4.79 Å². The summed E-state index contributed by atoms with van der Waals surface area (Å²) in [5.74, 6) is 5.84. The molecule has 3 N–H and O–H groups in total. The molecule has 86 valence electrons. The molecule has 0 atom stereocenters. The van der Waals surface area contributed by atoms with Crippen LogP contribution in [0.25, 0.3) is 0 Å². The number of pyridine rings is 1. The molecule has 0 bridgehead atoms. The molecule has 16 heavy (non-hydrogen) atoms. The first-order valence-corrected chi connectivity index (χ1v) is 5.53. The standard InChI is InChI=1S/C11H16N4O/c12-14-10-5-4-9(8-13-10)11(16)15-6-2-1-3-7-15/h4-5,8H,1-3,6-7,12H2,(H,13,14). The highest BCUT2D eigenvalue weighted by Crippen LogP contribution is 2.13. The highest BCUT2D eigenvalue weighted by atomic mass is 16.2. The largest absolute Gasteiger partial charge is 0.339 e. The second-order valence-electron chi connectivity index (χ2n) is 3.93. The third-order valence-corrected chi connectivity index (χ3v) is 2.80. The second kappa shape index (κ2) is 4.94. The first-order valence-electron chi connectivity index (χ1n) is 5.53. The Morgan fingerprint density at radius 2 is 2.06 bits per heavy atom. The summed E-state index contributed by atoms with van der Waals surface area (Å²) in [5, 5.41) is 0. The van der Waals surface area contributed by atoms with E-state index in [2.05, 4.69) is 10.4 Å². The van der Waals surface area contributed by atoms with Crippen molar-refractivity contribution in [3.63, 3.8) is 0 Å². The molecule has 0 radical (unpaired) electrons. The van der Waals surface area contributed by atoms with Crippen molar-refractivity contribution in [1.82, 2.24) is 9.88 Å². The van der Waals surface area contributed by atoms with Gasteiger partial charge >= 0.3 is 0 Å². The van der Waals surface area contributed by atoms with Crippen molar-refractivity contribution in [2.24, 2.45) is 5.84 Å². The summed E-state index contributed by atoms with van der Waals surface area (Å²) in [4.78, 5) is 17.9. The normalized spacial score (nSPS) is 15.9. The SMILES string of the molecule is NNc1ccc(C(=O)N2CCCCC2)cn1. The van der Waals surface area contributed by atoms with Crippen molar-refractivity contribution < 1.29 is 4.79 Å². The van der Waals surface area contributed by atoms with Gasteiger partial charge in [0.05, 0.1) is 5.56 Å². The fourth-order valence-corrected chi connectivity index (χ4v) is 1.89. The zero-order valence-electron chi connectivity index (χ0n) is 9.15. The number of hydrogen-bond donors (Lipinski definition) is 2. The lowest BCUT2D eigenvalue weighted by atomic mass is 10.1. The van der Waals surface area contributed by atoms with Crippen LogP contribution in [0.15, 0.2) is 18.3 Å². The predicted octanol–water partition coefficient (Wildman–Crippen LogP) is 0.993. The van der Waals surface area contributed by atoms with Crippen molar-refractivity contribution in [2.45, 2.75) is 19.3 Å². The number of nitrogens with one attached hydrogen (secondary N) is 1. The molecule has 0 unspecified atom stereocenters. The number of rotatable bonds is 2. The van der Waals surface area contributed by atoms with Gasteiger partial charge in [0.25, 0.3) is 5.91 Å². The molecule has 1 aromatic heterocycles. The van der Waals surface area contributed by atoms with E-state index >= 15 is 0 Å². The number of likely N-dealkylation sites (tertiary alicyclic amines) is 1. The van der Waals surface area contributed by atoms with Crippen molar-refractivity contribution in [3.8, 4) is 0 Å². The first kappa shape index (κ1) is 10.9. The maximum atomic E-state index is 12.0. The molecule has 2 heterocycles. The van der Waals surface area contributed by atoms with Crippen LogP contribution in [-0.2, 0) is 0 Å². The van der Waals surface area contributed by atoms with Gasteiger partial charge in [-0.1, -0.05) is 0 Å². The highest BCUT2D eigenvalue weighted by molar-refractivity contribution is 5.94. The predicted molar refractivity (Wildman–Crippen MR) is 61.8 cm³/mol. The van der Waals surface area contributed by atoms with Crippen LogP contribution in [0.1, 0.15) is 29.6 Å². The Hall–Kier alpha value is -1.62. The molecule has 1 saturated heterocycles. The topological polar surface area (TPSA) is 71.2 Å². The monoisotopic (exact) mass is 220 g/mol. The fourth-order valence-electron chi connectivity index (χ4n) is 1.89. The Bertz CT molecular complexity index is 357. The maximum absolute atomic E-state index is 12.0. The van der Waals surface area contributed by atoms with Crippen LogP contribution in [0.4, 0.5) is 5.82 Å². The molecular weight excluding hydrogens is 204 g/mol. The smallest absolute Gasteiger partial charge is 0.255 e. The second-order valence-corrected chi connectivity index (χ2v) is 3.93. The van der Waals surface area contributed by atoms with Gasteiger partial charge in [-0.25, -0.2) is 10.8 Å². The number of hydrazine groups is 1. The molecule has 1 aromatic rings. The number of carbonyl (C=O) groups is 1. The quantitative estimate of drug-likeness (QED) is 0.576. The molecule has 1 aliphatic rings. The van der Waals surface area contributed by atoms with E-state index in [0.717, 1.165) is 25.9 Å². The van der Waals surface area contributed by atoms with E-state index in [1.807, 2.05) is 4.90 Å². The zero-order valence-corrected chi connectivity index (χ0v) is 9.15. The Morgan fingerprint density at radius 3 is 2.62 bits per heavy atom. The van der Waals surface area contributed by atoms with E-state index in [9.17, 15) is 4.79 Å². The molecule has 1 fully saturated rings. The van der Waals surface area contributed by atoms with Crippen LogP contribution >= 0.6 is 0 Å². The summed E-state index contributed by atoms with van der Waals surface area (Å²) in [6.45, 7) is 1.71. The number of aromatic nitrogens is 1. The van der Waals surface area contributed by atoms with Crippen LogP contribution in [0, 0.1) is 0 Å². The number of piperidine rings is 1. The van der Waals surface area contributed by atoms with Gasteiger partial charge < -0.3 is 10.3 Å². The van der Waals surface area contributed by atoms with E-state index in [1.54, 1.807) is 18.3 Å². The van der Waals surface area contributed by atoms with Crippen molar-refractivity contribution in [1.29, 1.82) is 0 Å². The van der Waals surface area contributed by atoms with Crippen LogP contribution < -0.4 is 11.3 Å². The Kier molecular flexibility index (Phi) is 3.36. The van der Waals surface area contributed by atoms with Crippen LogP contribution in [-0.4, -0.2) is 28.9 Å². The molecule has 5 nitrogen and oxygen atoms in total. The highest BCUT2D eigenvalue weighted by Gasteiger charge is 2.17. The van der Waals surface area contributed by atoms with E-state index in [-0.39, 0.29) is 5.91 Å². The van der Waals surface area contributed by atoms with E-state index in [0.29, 0.717) is 11.4 Å². The minimum absolute atomic E-state index is 0.0655. The van der Waals surface area contributed by atoms with Gasteiger partial charge in [0, 0.05) is 19.3 Å². The molecule has 1 amide bonds. The number of nitrogen functional groups attached to an aromatic ring is 1. The molecular formula is C11H16N4O. The molecule has 2 rings (SSSR count). The molecule has 0 saturated carbocycles. The van der Waals surface area contributed by atoms with Crippen molar-refractivity contribution >= 4 is 11.7 Å². The summed E-state index contributed by atoms with van der Waals surface area (Å²) in [5.41, 5.74) is 3.06. The first-order chi connectivity index (χ1) is 7.81. The van der Waals surface area contributed by atoms with Gasteiger partial charge in [-0.2, -0.15) is 0 Å². The van der Waals surface area contributed by atoms with Crippen LogP contribution in [0.5, 0.6) is 0 Å². The van der Waals surface area contributed by atoms with E-state index in [4.69, 9.17) is 5.84 Å². The average molecular weight is 220 g/mol. The zero-order chi connectivity index (χ0) is 11.4. The van der Waals surface area contributed by atoms with Crippen molar-refractivity contribution in [2.75, 3.05) is 18.5 Å². The van der Waals surface area contributed by atoms with Crippen LogP contribution in [0.3, 0.4) is 0 Å². The number of nitrogens with two attached hydrogens (primary N) is 1. The lowest BCUT2D eigenvalue weighted by Crippen LogP contribution is -2.35. The lowest BCUT2D eigenvalue weighted by Gasteiger charge is -2.26. The minimum Gasteiger partial charge on any atom is -0.339 e. The number of amides is 1. The Balaban J connectivity index is 2.07. The lowest BCUT2D eigenvalue weighted by molar-refractivity contribution is 0.0724. The maximum Gasteiger partial charge on any atom is 0.255 e. The Labute approximate surface area is 94.6 Å². The molecule has 0 spiro atoms. The summed E-state index contributed by atoms with van der Waals surface area (Å²) in [6.07, 6.45) is 4.98.